The van der Waals surface area contributed by atoms with Gasteiger partial charge in [-0.15, -0.1) is 0 Å². The van der Waals surface area contributed by atoms with Gasteiger partial charge in [-0.25, -0.2) is 0 Å². The van der Waals surface area contributed by atoms with E-state index in [1.54, 1.807) is 0 Å². The Morgan fingerprint density at radius 1 is 1.13 bits per heavy atom. The van der Waals surface area contributed by atoms with Gasteiger partial charge in [-0.1, -0.05) is 42.5 Å². The number of epoxide rings is 1. The third kappa shape index (κ3) is 4.86. The van der Waals surface area contributed by atoms with E-state index in [1.165, 1.54) is 5.56 Å². The van der Waals surface area contributed by atoms with Crippen LogP contribution in [0.5, 0.6) is 5.75 Å². The highest BCUT2D eigenvalue weighted by Crippen LogP contribution is 2.29. The van der Waals surface area contributed by atoms with E-state index in [1.807, 2.05) is 30.3 Å². The van der Waals surface area contributed by atoms with Crippen molar-refractivity contribution in [2.75, 3.05) is 6.61 Å². The third-order valence-corrected chi connectivity index (χ3v) is 3.95. The maximum absolute atomic E-state index is 6.98. The Bertz CT molecular complexity index is 614. The van der Waals surface area contributed by atoms with Gasteiger partial charge >= 0.3 is 7.48 Å². The number of rotatable bonds is 9. The van der Waals surface area contributed by atoms with Crippen LogP contribution in [0.15, 0.2) is 54.6 Å². The molecule has 0 aliphatic carbocycles. The fraction of sp³-hybridized carbons (Fsp3) is 0.278. The van der Waals surface area contributed by atoms with Crippen molar-refractivity contribution in [3.8, 4) is 5.75 Å². The lowest BCUT2D eigenvalue weighted by molar-refractivity contribution is 0.306. The van der Waals surface area contributed by atoms with Gasteiger partial charge < -0.3 is 14.1 Å². The van der Waals surface area contributed by atoms with Crippen LogP contribution in [0.1, 0.15) is 11.1 Å². The lowest BCUT2D eigenvalue weighted by Gasteiger charge is -2.12. The van der Waals surface area contributed by atoms with Gasteiger partial charge in [0.25, 0.3) is 0 Å². The van der Waals surface area contributed by atoms with Crippen LogP contribution in [-0.4, -0.2) is 26.6 Å². The molecule has 0 spiro atoms. The molecule has 2 aromatic carbocycles. The van der Waals surface area contributed by atoms with Gasteiger partial charge in [0, 0.05) is 5.82 Å². The molecular weight excluding hydrogens is 289 g/mol. The summed E-state index contributed by atoms with van der Waals surface area (Å²) in [6, 6.07) is 18.3. The maximum Gasteiger partial charge on any atom is 0.347 e. The summed E-state index contributed by atoms with van der Waals surface area (Å²) in [5.74, 6) is 1.17. The minimum atomic E-state index is 0.268. The van der Waals surface area contributed by atoms with Crippen LogP contribution in [0.4, 0.5) is 0 Å². The summed E-state index contributed by atoms with van der Waals surface area (Å²) in [6.45, 7) is 1.37. The number of hydrogen-bond donors (Lipinski definition) is 1. The Balaban J connectivity index is 1.52. The smallest absolute Gasteiger partial charge is 0.347 e. The zero-order valence-corrected chi connectivity index (χ0v) is 13.0. The van der Waals surface area contributed by atoms with Gasteiger partial charge in [0.15, 0.2) is 0 Å². The zero-order chi connectivity index (χ0) is 15.9. The average molecular weight is 309 g/mol. The average Bonchev–Trinajstić information content (AvgIpc) is 3.44. The van der Waals surface area contributed by atoms with E-state index in [0.717, 1.165) is 30.7 Å². The van der Waals surface area contributed by atoms with Crippen LogP contribution in [0.3, 0.4) is 0 Å². The highest BCUT2D eigenvalue weighted by molar-refractivity contribution is 6.32. The van der Waals surface area contributed by atoms with E-state index in [0.29, 0.717) is 19.9 Å². The van der Waals surface area contributed by atoms with E-state index in [4.69, 9.17) is 19.5 Å². The van der Waals surface area contributed by atoms with Gasteiger partial charge in [-0.3, -0.25) is 5.41 Å². The van der Waals surface area contributed by atoms with Crippen molar-refractivity contribution < 1.29 is 14.1 Å². The first-order valence-electron chi connectivity index (χ1n) is 7.83. The van der Waals surface area contributed by atoms with Crippen molar-refractivity contribution in [3.05, 3.63) is 65.7 Å². The van der Waals surface area contributed by atoms with Crippen molar-refractivity contribution in [3.63, 3.8) is 0 Å². The molecule has 1 aliphatic heterocycles. The minimum absolute atomic E-state index is 0.268. The Kier molecular flexibility index (Phi) is 5.32. The monoisotopic (exact) mass is 309 g/mol. The highest BCUT2D eigenvalue weighted by Gasteiger charge is 2.34. The second-order valence-electron chi connectivity index (χ2n) is 5.71. The SMILES string of the molecule is N=COB[C@@H](Cc1ccc(OCc2ccccc2)cc1)[C@H]1CO1. The van der Waals surface area contributed by atoms with Gasteiger partial charge in [0.1, 0.15) is 18.8 Å². The zero-order valence-electron chi connectivity index (χ0n) is 13.0. The molecule has 5 heteroatoms. The molecule has 0 unspecified atom stereocenters. The maximum atomic E-state index is 6.98. The van der Waals surface area contributed by atoms with Gasteiger partial charge in [0.05, 0.1) is 12.7 Å². The van der Waals surface area contributed by atoms with Gasteiger partial charge in [-0.2, -0.15) is 0 Å². The molecule has 0 aromatic heterocycles. The topological polar surface area (TPSA) is 54.8 Å². The molecule has 4 nitrogen and oxygen atoms in total. The van der Waals surface area contributed by atoms with Crippen LogP contribution in [0.2, 0.25) is 5.82 Å². The lowest BCUT2D eigenvalue weighted by Crippen LogP contribution is -2.15. The Labute approximate surface area is 137 Å². The van der Waals surface area contributed by atoms with Gasteiger partial charge in [-0.05, 0) is 29.7 Å². The summed E-state index contributed by atoms with van der Waals surface area (Å²) >= 11 is 0. The van der Waals surface area contributed by atoms with E-state index >= 15 is 0 Å². The Hall–Kier alpha value is -2.27. The predicted octanol–water partition coefficient (Wildman–Crippen LogP) is 2.97. The summed E-state index contributed by atoms with van der Waals surface area (Å²) in [5.41, 5.74) is 2.39. The highest BCUT2D eigenvalue weighted by atomic mass is 16.6. The summed E-state index contributed by atoms with van der Waals surface area (Å²) in [4.78, 5) is 0. The van der Waals surface area contributed by atoms with Crippen molar-refractivity contribution in [2.45, 2.75) is 24.9 Å². The molecule has 1 heterocycles. The van der Waals surface area contributed by atoms with Crippen LogP contribution in [-0.2, 0) is 22.4 Å². The Morgan fingerprint density at radius 2 is 1.87 bits per heavy atom. The first-order valence-corrected chi connectivity index (χ1v) is 7.83. The molecular formula is C18H20BNO3. The standard InChI is InChI=1S/C18H20BNO3/c20-13-23-19-17(18-12-22-18)10-14-6-8-16(9-7-14)21-11-15-4-2-1-3-5-15/h1-9,13,17-20H,10-12H2/t17-,18+/m0/s1. The molecule has 1 N–H and O–H groups in total. The number of benzene rings is 2. The van der Waals surface area contributed by atoms with E-state index in [9.17, 15) is 0 Å². The molecule has 0 amide bonds. The molecule has 3 rings (SSSR count). The second kappa shape index (κ2) is 7.83. The van der Waals surface area contributed by atoms with Crippen molar-refractivity contribution in [1.82, 2.24) is 0 Å². The molecule has 1 aliphatic rings. The first-order chi connectivity index (χ1) is 11.3. The summed E-state index contributed by atoms with van der Waals surface area (Å²) in [5, 5.41) is 6.98. The molecule has 23 heavy (non-hydrogen) atoms. The molecule has 0 saturated carbocycles. The fourth-order valence-corrected chi connectivity index (χ4v) is 2.56. The first kappa shape index (κ1) is 15.6. The van der Waals surface area contributed by atoms with E-state index in [-0.39, 0.29) is 6.10 Å². The number of nitrogens with one attached hydrogen (secondary N) is 1. The second-order valence-corrected chi connectivity index (χ2v) is 5.71. The largest absolute Gasteiger partial charge is 0.557 e. The lowest BCUT2D eigenvalue weighted by atomic mass is 9.74. The fourth-order valence-electron chi connectivity index (χ4n) is 2.56. The molecule has 2 atom stereocenters. The predicted molar refractivity (Wildman–Crippen MR) is 91.4 cm³/mol. The van der Waals surface area contributed by atoms with Crippen LogP contribution >= 0.6 is 0 Å². The molecule has 1 saturated heterocycles. The number of hydrogen-bond acceptors (Lipinski definition) is 4. The van der Waals surface area contributed by atoms with E-state index in [2.05, 4.69) is 24.3 Å². The third-order valence-electron chi connectivity index (χ3n) is 3.95. The summed E-state index contributed by atoms with van der Waals surface area (Å²) in [7, 11) is 0.528. The van der Waals surface area contributed by atoms with Crippen LogP contribution in [0, 0.1) is 5.41 Å². The summed E-state index contributed by atoms with van der Waals surface area (Å²) in [6.07, 6.45) is 2.15. The quantitative estimate of drug-likeness (QED) is 0.335. The van der Waals surface area contributed by atoms with Crippen LogP contribution in [0.25, 0.3) is 0 Å². The molecule has 1 fully saturated rings. The van der Waals surface area contributed by atoms with E-state index < -0.39 is 0 Å². The normalized spacial score (nSPS) is 17.1. The van der Waals surface area contributed by atoms with Crippen molar-refractivity contribution in [2.24, 2.45) is 0 Å². The molecule has 0 bridgehead atoms. The summed E-state index contributed by atoms with van der Waals surface area (Å²) < 4.78 is 16.3. The molecule has 118 valence electrons. The Morgan fingerprint density at radius 3 is 2.52 bits per heavy atom. The minimum Gasteiger partial charge on any atom is -0.557 e. The van der Waals surface area contributed by atoms with Crippen molar-refractivity contribution >= 4 is 13.9 Å². The van der Waals surface area contributed by atoms with Crippen molar-refractivity contribution in [1.29, 1.82) is 5.41 Å². The molecule has 2 aromatic rings. The van der Waals surface area contributed by atoms with Crippen LogP contribution < -0.4 is 4.74 Å². The number of ether oxygens (including phenoxy) is 2. The van der Waals surface area contributed by atoms with Gasteiger partial charge in [0.2, 0.25) is 0 Å². The molecule has 0 radical (unpaired) electrons.